The third-order valence-corrected chi connectivity index (χ3v) is 1.94. The molecule has 1 aliphatic heterocycles. The summed E-state index contributed by atoms with van der Waals surface area (Å²) in [7, 11) is 7.31. The Kier molecular flexibility index (Phi) is 4.05. The highest BCUT2D eigenvalue weighted by Gasteiger charge is 2.29. The molecular weight excluding hydrogens is 155 g/mol. The molecule has 0 saturated carbocycles. The second-order valence-electron chi connectivity index (χ2n) is 3.05. The molecule has 0 N–H and O–H groups in total. The molecule has 0 bridgehead atoms. The summed E-state index contributed by atoms with van der Waals surface area (Å²) in [6.07, 6.45) is 1.13. The van der Waals surface area contributed by atoms with Gasteiger partial charge in [-0.2, -0.15) is 0 Å². The summed E-state index contributed by atoms with van der Waals surface area (Å²) in [6.45, 7) is 3.20. The van der Waals surface area contributed by atoms with Gasteiger partial charge in [0.2, 0.25) is 0 Å². The predicted octanol–water partition coefficient (Wildman–Crippen LogP) is 0.321. The van der Waals surface area contributed by atoms with Gasteiger partial charge in [-0.3, -0.25) is 0 Å². The first kappa shape index (κ1) is 10.0. The zero-order valence-electron chi connectivity index (χ0n) is 7.66. The lowest BCUT2D eigenvalue weighted by Crippen LogP contribution is -2.25. The van der Waals surface area contributed by atoms with E-state index in [1.165, 1.54) is 0 Å². The average Bonchev–Trinajstić information content (AvgIpc) is 2.31. The fraction of sp³-hybridized carbons (Fsp3) is 1.00. The van der Waals surface area contributed by atoms with Gasteiger partial charge < -0.3 is 14.2 Å². The van der Waals surface area contributed by atoms with E-state index in [1.54, 1.807) is 7.11 Å². The van der Waals surface area contributed by atoms with Crippen molar-refractivity contribution in [3.05, 3.63) is 0 Å². The first-order valence-corrected chi connectivity index (χ1v) is 4.25. The molecular formula is C8H15BO3. The molecule has 1 rings (SSSR count). The second-order valence-corrected chi connectivity index (χ2v) is 3.05. The summed E-state index contributed by atoms with van der Waals surface area (Å²) in [5.41, 5.74) is 0. The van der Waals surface area contributed by atoms with Crippen LogP contribution in [0.5, 0.6) is 0 Å². The SMILES string of the molecule is [B]C1OC(C)CC1OCCOC. The van der Waals surface area contributed by atoms with Crippen molar-refractivity contribution in [2.24, 2.45) is 0 Å². The number of ether oxygens (including phenoxy) is 3. The van der Waals surface area contributed by atoms with Crippen LogP contribution >= 0.6 is 0 Å². The minimum absolute atomic E-state index is 0.0372. The molecule has 0 aromatic heterocycles. The zero-order chi connectivity index (χ0) is 8.97. The van der Waals surface area contributed by atoms with Crippen molar-refractivity contribution in [1.82, 2.24) is 0 Å². The van der Waals surface area contributed by atoms with Crippen LogP contribution in [0.1, 0.15) is 13.3 Å². The van der Waals surface area contributed by atoms with Gasteiger partial charge in [0.1, 0.15) is 7.85 Å². The predicted molar refractivity (Wildman–Crippen MR) is 46.3 cm³/mol. The van der Waals surface area contributed by atoms with Crippen LogP contribution in [0.15, 0.2) is 0 Å². The maximum absolute atomic E-state index is 5.66. The van der Waals surface area contributed by atoms with Gasteiger partial charge in [-0.15, -0.1) is 0 Å². The van der Waals surface area contributed by atoms with E-state index in [-0.39, 0.29) is 18.2 Å². The van der Waals surface area contributed by atoms with Gasteiger partial charge in [-0.1, -0.05) is 0 Å². The van der Waals surface area contributed by atoms with Crippen LogP contribution in [0.25, 0.3) is 0 Å². The second kappa shape index (κ2) is 4.85. The molecule has 4 heteroatoms. The van der Waals surface area contributed by atoms with Crippen molar-refractivity contribution in [3.63, 3.8) is 0 Å². The van der Waals surface area contributed by atoms with Crippen LogP contribution in [0.4, 0.5) is 0 Å². The quantitative estimate of drug-likeness (QED) is 0.449. The smallest absolute Gasteiger partial charge is 0.112 e. The Labute approximate surface area is 74.8 Å². The van der Waals surface area contributed by atoms with Crippen molar-refractivity contribution in [2.75, 3.05) is 20.3 Å². The highest BCUT2D eigenvalue weighted by Crippen LogP contribution is 2.20. The fourth-order valence-electron chi connectivity index (χ4n) is 1.32. The van der Waals surface area contributed by atoms with E-state index in [0.29, 0.717) is 13.2 Å². The van der Waals surface area contributed by atoms with E-state index in [1.807, 2.05) is 6.92 Å². The van der Waals surface area contributed by atoms with Crippen LogP contribution in [-0.2, 0) is 14.2 Å². The summed E-state index contributed by atoms with van der Waals surface area (Å²) in [5.74, 6) is 0. The Morgan fingerprint density at radius 3 is 2.75 bits per heavy atom. The zero-order valence-corrected chi connectivity index (χ0v) is 7.66. The summed E-state index contributed by atoms with van der Waals surface area (Å²) in [4.78, 5) is 0. The topological polar surface area (TPSA) is 27.7 Å². The van der Waals surface area contributed by atoms with Crippen molar-refractivity contribution in [3.8, 4) is 0 Å². The largest absolute Gasteiger partial charge is 0.382 e. The third-order valence-electron chi connectivity index (χ3n) is 1.94. The molecule has 0 spiro atoms. The van der Waals surface area contributed by atoms with E-state index >= 15 is 0 Å². The molecule has 0 aromatic carbocycles. The molecule has 0 aliphatic carbocycles. The Balaban J connectivity index is 2.15. The molecule has 0 amide bonds. The summed E-state index contributed by atoms with van der Waals surface area (Å²) in [5, 5.41) is 0. The van der Waals surface area contributed by atoms with Gasteiger partial charge in [0.15, 0.2) is 0 Å². The average molecular weight is 170 g/mol. The normalized spacial score (nSPS) is 35.7. The first-order chi connectivity index (χ1) is 5.74. The van der Waals surface area contributed by atoms with Crippen molar-refractivity contribution in [2.45, 2.75) is 31.6 Å². The molecule has 3 atom stereocenters. The molecule has 2 radical (unpaired) electrons. The molecule has 12 heavy (non-hydrogen) atoms. The summed E-state index contributed by atoms with van der Waals surface area (Å²) < 4.78 is 15.6. The van der Waals surface area contributed by atoms with Gasteiger partial charge in [-0.25, -0.2) is 0 Å². The molecule has 1 heterocycles. The highest BCUT2D eigenvalue weighted by atomic mass is 16.6. The first-order valence-electron chi connectivity index (χ1n) is 4.25. The van der Waals surface area contributed by atoms with E-state index in [9.17, 15) is 0 Å². The lowest BCUT2D eigenvalue weighted by molar-refractivity contribution is -0.00301. The number of methoxy groups -OCH3 is 1. The van der Waals surface area contributed by atoms with E-state index in [0.717, 1.165) is 6.42 Å². The molecule has 1 saturated heterocycles. The Morgan fingerprint density at radius 1 is 1.50 bits per heavy atom. The number of hydrogen-bond donors (Lipinski definition) is 0. The van der Waals surface area contributed by atoms with Gasteiger partial charge in [0.05, 0.1) is 25.4 Å². The highest BCUT2D eigenvalue weighted by molar-refractivity contribution is 6.11. The van der Waals surface area contributed by atoms with Crippen molar-refractivity contribution >= 4 is 7.85 Å². The van der Waals surface area contributed by atoms with Crippen molar-refractivity contribution < 1.29 is 14.2 Å². The Hall–Kier alpha value is -0.0551. The van der Waals surface area contributed by atoms with Crippen LogP contribution in [0, 0.1) is 0 Å². The minimum atomic E-state index is -0.267. The number of rotatable bonds is 4. The van der Waals surface area contributed by atoms with Gasteiger partial charge in [0, 0.05) is 19.5 Å². The molecule has 68 valence electrons. The molecule has 1 fully saturated rings. The van der Waals surface area contributed by atoms with Crippen LogP contribution in [-0.4, -0.2) is 46.4 Å². The van der Waals surface area contributed by atoms with E-state index in [2.05, 4.69) is 0 Å². The molecule has 0 aromatic rings. The molecule has 3 unspecified atom stereocenters. The minimum Gasteiger partial charge on any atom is -0.382 e. The van der Waals surface area contributed by atoms with Crippen molar-refractivity contribution in [1.29, 1.82) is 0 Å². The monoisotopic (exact) mass is 170 g/mol. The maximum atomic E-state index is 5.66. The summed E-state index contributed by atoms with van der Waals surface area (Å²) >= 11 is 0. The Morgan fingerprint density at radius 2 is 2.25 bits per heavy atom. The third kappa shape index (κ3) is 2.77. The van der Waals surface area contributed by atoms with Gasteiger partial charge in [0.25, 0.3) is 0 Å². The molecule has 3 nitrogen and oxygen atoms in total. The van der Waals surface area contributed by atoms with Crippen LogP contribution in [0.3, 0.4) is 0 Å². The number of hydrogen-bond acceptors (Lipinski definition) is 3. The fourth-order valence-corrected chi connectivity index (χ4v) is 1.32. The van der Waals surface area contributed by atoms with Crippen LogP contribution in [0.2, 0.25) is 0 Å². The molecule has 1 aliphatic rings. The van der Waals surface area contributed by atoms with E-state index < -0.39 is 0 Å². The Bertz CT molecular complexity index is 131. The standard InChI is InChI=1S/C8H15BO3/c1-6-5-7(8(9)12-6)11-4-3-10-2/h6-8H,3-5H2,1-2H3. The van der Waals surface area contributed by atoms with Gasteiger partial charge >= 0.3 is 0 Å². The lowest BCUT2D eigenvalue weighted by atomic mass is 9.94. The maximum Gasteiger partial charge on any atom is 0.112 e. The van der Waals surface area contributed by atoms with Gasteiger partial charge in [-0.05, 0) is 6.92 Å². The lowest BCUT2D eigenvalue weighted by Gasteiger charge is -2.14. The van der Waals surface area contributed by atoms with Crippen LogP contribution < -0.4 is 0 Å². The summed E-state index contributed by atoms with van der Waals surface area (Å²) in [6, 6.07) is -0.267. The van der Waals surface area contributed by atoms with E-state index in [4.69, 9.17) is 22.1 Å².